The number of ether oxygens (including phenoxy) is 2. The summed E-state index contributed by atoms with van der Waals surface area (Å²) in [6, 6.07) is 0. The molecule has 0 radical (unpaired) electrons. The minimum absolute atomic E-state index is 0.129. The van der Waals surface area contributed by atoms with Gasteiger partial charge in [0.05, 0.1) is 25.4 Å². The number of carboxylic acid groups (broad SMARTS) is 1. The number of carbonyl (C=O) groups is 1. The van der Waals surface area contributed by atoms with Gasteiger partial charge in [-0.3, -0.25) is 4.79 Å². The van der Waals surface area contributed by atoms with E-state index < -0.39 is 11.5 Å². The topological polar surface area (TPSA) is 67.8 Å². The lowest BCUT2D eigenvalue weighted by molar-refractivity contribution is -0.147. The van der Waals surface area contributed by atoms with Crippen molar-refractivity contribution < 1.29 is 19.4 Å². The van der Waals surface area contributed by atoms with E-state index in [4.69, 9.17) is 14.6 Å². The van der Waals surface area contributed by atoms with Gasteiger partial charge >= 0.3 is 5.97 Å². The van der Waals surface area contributed by atoms with Gasteiger partial charge in [-0.25, -0.2) is 0 Å². The van der Waals surface area contributed by atoms with Crippen molar-refractivity contribution in [3.63, 3.8) is 0 Å². The van der Waals surface area contributed by atoms with Gasteiger partial charge in [0.25, 0.3) is 0 Å². The summed E-state index contributed by atoms with van der Waals surface area (Å²) in [5.41, 5.74) is -1.22. The zero-order valence-corrected chi connectivity index (χ0v) is 11.5. The Balaban J connectivity index is 3.88. The van der Waals surface area contributed by atoms with E-state index in [-0.39, 0.29) is 12.2 Å². The van der Waals surface area contributed by atoms with Crippen LogP contribution >= 0.6 is 0 Å². The van der Waals surface area contributed by atoms with Crippen molar-refractivity contribution in [2.45, 2.75) is 45.8 Å². The maximum Gasteiger partial charge on any atom is 0.326 e. The smallest absolute Gasteiger partial charge is 0.326 e. The van der Waals surface area contributed by atoms with Crippen LogP contribution in [-0.2, 0) is 14.3 Å². The first-order valence-electron chi connectivity index (χ1n) is 5.91. The molecule has 0 aromatic rings. The summed E-state index contributed by atoms with van der Waals surface area (Å²) in [6.45, 7) is 10.9. The first kappa shape index (κ1) is 16.4. The lowest BCUT2D eigenvalue weighted by Gasteiger charge is -2.26. The molecule has 0 rings (SSSR count). The summed E-state index contributed by atoms with van der Waals surface area (Å²) in [5.74, 6) is -0.906. The third-order valence-electron chi connectivity index (χ3n) is 2.19. The highest BCUT2D eigenvalue weighted by molar-refractivity contribution is 5.78. The van der Waals surface area contributed by atoms with E-state index in [2.05, 4.69) is 5.32 Å². The SMILES string of the molecule is CCNC(C)(COCCOC(C)(C)C)C(=O)O. The second-order valence-corrected chi connectivity index (χ2v) is 5.18. The van der Waals surface area contributed by atoms with Crippen LogP contribution in [0, 0.1) is 0 Å². The maximum absolute atomic E-state index is 11.1. The number of hydrogen-bond donors (Lipinski definition) is 2. The molecule has 0 aliphatic carbocycles. The summed E-state index contributed by atoms with van der Waals surface area (Å²) in [6.07, 6.45) is 0. The van der Waals surface area contributed by atoms with Crippen molar-refractivity contribution in [3.05, 3.63) is 0 Å². The van der Waals surface area contributed by atoms with Crippen LogP contribution in [-0.4, -0.2) is 48.6 Å². The Labute approximate surface area is 103 Å². The van der Waals surface area contributed by atoms with Crippen molar-refractivity contribution in [1.29, 1.82) is 0 Å². The predicted molar refractivity (Wildman–Crippen MR) is 66.2 cm³/mol. The molecule has 0 saturated heterocycles. The second kappa shape index (κ2) is 6.93. The van der Waals surface area contributed by atoms with E-state index in [9.17, 15) is 4.79 Å². The van der Waals surface area contributed by atoms with Crippen LogP contribution in [0.15, 0.2) is 0 Å². The third kappa shape index (κ3) is 7.31. The highest BCUT2D eigenvalue weighted by atomic mass is 16.5. The first-order valence-corrected chi connectivity index (χ1v) is 5.91. The Morgan fingerprint density at radius 3 is 2.24 bits per heavy atom. The molecule has 0 aromatic heterocycles. The predicted octanol–water partition coefficient (Wildman–Crippen LogP) is 1.27. The fourth-order valence-electron chi connectivity index (χ4n) is 1.26. The second-order valence-electron chi connectivity index (χ2n) is 5.18. The zero-order valence-electron chi connectivity index (χ0n) is 11.5. The van der Waals surface area contributed by atoms with Gasteiger partial charge in [0.1, 0.15) is 5.54 Å². The molecule has 5 heteroatoms. The molecule has 102 valence electrons. The quantitative estimate of drug-likeness (QED) is 0.632. The molecule has 0 aromatic carbocycles. The molecule has 0 aliphatic rings. The highest BCUT2D eigenvalue weighted by Crippen LogP contribution is 2.07. The Morgan fingerprint density at radius 2 is 1.82 bits per heavy atom. The van der Waals surface area contributed by atoms with Crippen molar-refractivity contribution in [1.82, 2.24) is 5.32 Å². The van der Waals surface area contributed by atoms with Gasteiger partial charge < -0.3 is 19.9 Å². The minimum Gasteiger partial charge on any atom is -0.480 e. The molecule has 17 heavy (non-hydrogen) atoms. The highest BCUT2D eigenvalue weighted by Gasteiger charge is 2.32. The molecule has 1 atom stereocenters. The van der Waals surface area contributed by atoms with Gasteiger partial charge in [-0.2, -0.15) is 0 Å². The number of nitrogens with one attached hydrogen (secondary N) is 1. The molecular weight excluding hydrogens is 222 g/mol. The fourth-order valence-corrected chi connectivity index (χ4v) is 1.26. The number of hydrogen-bond acceptors (Lipinski definition) is 4. The Kier molecular flexibility index (Phi) is 6.67. The molecule has 0 saturated carbocycles. The summed E-state index contributed by atoms with van der Waals surface area (Å²) < 4.78 is 10.8. The molecular formula is C12H25NO4. The Hall–Kier alpha value is -0.650. The minimum atomic E-state index is -1.03. The number of aliphatic carboxylic acids is 1. The monoisotopic (exact) mass is 247 g/mol. The van der Waals surface area contributed by atoms with E-state index in [1.54, 1.807) is 6.92 Å². The van der Waals surface area contributed by atoms with Crippen LogP contribution in [0.3, 0.4) is 0 Å². The largest absolute Gasteiger partial charge is 0.480 e. The Bertz CT molecular complexity index is 237. The van der Waals surface area contributed by atoms with Gasteiger partial charge in [-0.1, -0.05) is 6.92 Å². The van der Waals surface area contributed by atoms with Crippen molar-refractivity contribution in [3.8, 4) is 0 Å². The van der Waals surface area contributed by atoms with E-state index in [1.165, 1.54) is 0 Å². The molecule has 0 bridgehead atoms. The average molecular weight is 247 g/mol. The molecule has 1 unspecified atom stereocenters. The molecule has 0 aliphatic heterocycles. The number of rotatable bonds is 8. The van der Waals surface area contributed by atoms with Crippen LogP contribution in [0.25, 0.3) is 0 Å². The van der Waals surface area contributed by atoms with Gasteiger partial charge in [0.15, 0.2) is 0 Å². The standard InChI is InChI=1S/C12H25NO4/c1-6-13-12(5,10(14)15)9-16-7-8-17-11(2,3)4/h13H,6-9H2,1-5H3,(H,14,15). The first-order chi connectivity index (χ1) is 7.71. The van der Waals surface area contributed by atoms with Crippen LogP contribution in [0.5, 0.6) is 0 Å². The van der Waals surface area contributed by atoms with Crippen molar-refractivity contribution in [2.75, 3.05) is 26.4 Å². The number of carboxylic acids is 1. The van der Waals surface area contributed by atoms with Crippen molar-refractivity contribution >= 4 is 5.97 Å². The van der Waals surface area contributed by atoms with E-state index in [1.807, 2.05) is 27.7 Å². The average Bonchev–Trinajstić information content (AvgIpc) is 2.15. The van der Waals surface area contributed by atoms with E-state index in [0.717, 1.165) is 0 Å². The number of likely N-dealkylation sites (N-methyl/N-ethyl adjacent to an activating group) is 1. The van der Waals surface area contributed by atoms with Gasteiger partial charge in [0, 0.05) is 0 Å². The van der Waals surface area contributed by atoms with E-state index >= 15 is 0 Å². The fraction of sp³-hybridized carbons (Fsp3) is 0.917. The van der Waals surface area contributed by atoms with Gasteiger partial charge in [-0.05, 0) is 34.2 Å². The third-order valence-corrected chi connectivity index (χ3v) is 2.19. The van der Waals surface area contributed by atoms with Gasteiger partial charge in [0.2, 0.25) is 0 Å². The Morgan fingerprint density at radius 1 is 1.24 bits per heavy atom. The molecule has 0 spiro atoms. The summed E-state index contributed by atoms with van der Waals surface area (Å²) in [5, 5.41) is 12.0. The van der Waals surface area contributed by atoms with Crippen LogP contribution in [0.1, 0.15) is 34.6 Å². The lowest BCUT2D eigenvalue weighted by Crippen LogP contribution is -2.53. The molecule has 5 nitrogen and oxygen atoms in total. The summed E-state index contributed by atoms with van der Waals surface area (Å²) in [7, 11) is 0. The molecule has 2 N–H and O–H groups in total. The van der Waals surface area contributed by atoms with Crippen LogP contribution in [0.4, 0.5) is 0 Å². The molecule has 0 heterocycles. The summed E-state index contributed by atoms with van der Waals surface area (Å²) in [4.78, 5) is 11.1. The van der Waals surface area contributed by atoms with E-state index in [0.29, 0.717) is 19.8 Å². The van der Waals surface area contributed by atoms with Crippen LogP contribution < -0.4 is 5.32 Å². The van der Waals surface area contributed by atoms with Gasteiger partial charge in [-0.15, -0.1) is 0 Å². The zero-order chi connectivity index (χ0) is 13.5. The van der Waals surface area contributed by atoms with Crippen LogP contribution in [0.2, 0.25) is 0 Å². The molecule has 0 amide bonds. The van der Waals surface area contributed by atoms with Crippen molar-refractivity contribution in [2.24, 2.45) is 0 Å². The molecule has 0 fully saturated rings. The maximum atomic E-state index is 11.1. The summed E-state index contributed by atoms with van der Waals surface area (Å²) >= 11 is 0. The normalized spacial score (nSPS) is 15.6. The lowest BCUT2D eigenvalue weighted by atomic mass is 10.0.